The third kappa shape index (κ3) is 4.44. The molecule has 5 heteroatoms. The summed E-state index contributed by atoms with van der Waals surface area (Å²) in [5.74, 6) is 0. The average molecular weight is 540 g/mol. The van der Waals surface area contributed by atoms with E-state index in [9.17, 15) is 0 Å². The molecule has 0 unspecified atom stereocenters. The summed E-state index contributed by atoms with van der Waals surface area (Å²) in [6, 6.07) is 46.2. The number of rotatable bonds is 5. The van der Waals surface area contributed by atoms with Gasteiger partial charge in [-0.05, 0) is 71.1 Å². The Labute approximate surface area is 235 Å². The van der Waals surface area contributed by atoms with Crippen LogP contribution in [0.1, 0.15) is 0 Å². The van der Waals surface area contributed by atoms with Crippen molar-refractivity contribution in [1.29, 1.82) is 0 Å². The number of para-hydroxylation sites is 2. The number of hydrogen-bond acceptors (Lipinski definition) is 4. The van der Waals surface area contributed by atoms with Crippen molar-refractivity contribution in [2.45, 2.75) is 0 Å². The normalized spacial score (nSPS) is 11.2. The van der Waals surface area contributed by atoms with Crippen molar-refractivity contribution >= 4 is 61.0 Å². The zero-order valence-corrected chi connectivity index (χ0v) is 22.4. The largest absolute Gasteiger partial charge is 0.311 e. The lowest BCUT2D eigenvalue weighted by atomic mass is 10.0. The number of thiophene rings is 1. The third-order valence-corrected chi connectivity index (χ3v) is 8.19. The van der Waals surface area contributed by atoms with E-state index in [-0.39, 0.29) is 5.28 Å². The van der Waals surface area contributed by atoms with E-state index >= 15 is 0 Å². The molecule has 0 aliphatic heterocycles. The van der Waals surface area contributed by atoms with Crippen LogP contribution in [0.25, 0.3) is 42.7 Å². The van der Waals surface area contributed by atoms with E-state index in [2.05, 4.69) is 119 Å². The molecule has 0 aliphatic rings. The van der Waals surface area contributed by atoms with Gasteiger partial charge in [0.15, 0.2) is 0 Å². The van der Waals surface area contributed by atoms with Crippen LogP contribution in [0.4, 0.5) is 17.1 Å². The van der Waals surface area contributed by atoms with E-state index < -0.39 is 0 Å². The quantitative estimate of drug-likeness (QED) is 0.204. The Morgan fingerprint density at radius 3 is 1.79 bits per heavy atom. The summed E-state index contributed by atoms with van der Waals surface area (Å²) in [4.78, 5) is 12.8. The minimum absolute atomic E-state index is 0.246. The van der Waals surface area contributed by atoms with Crippen LogP contribution in [0.5, 0.6) is 0 Å². The molecule has 0 aliphatic carbocycles. The van der Waals surface area contributed by atoms with E-state index in [4.69, 9.17) is 16.6 Å². The predicted molar refractivity (Wildman–Crippen MR) is 165 cm³/mol. The number of fused-ring (bicyclic) bond motifs is 3. The molecule has 0 saturated heterocycles. The monoisotopic (exact) mass is 539 g/mol. The van der Waals surface area contributed by atoms with E-state index in [0.717, 1.165) is 43.9 Å². The molecule has 2 aromatic heterocycles. The lowest BCUT2D eigenvalue weighted by Crippen LogP contribution is -2.09. The first kappa shape index (κ1) is 23.6. The molecule has 0 fully saturated rings. The fourth-order valence-corrected chi connectivity index (χ4v) is 6.39. The van der Waals surface area contributed by atoms with Gasteiger partial charge in [0.25, 0.3) is 0 Å². The molecule has 39 heavy (non-hydrogen) atoms. The van der Waals surface area contributed by atoms with Gasteiger partial charge in [-0.3, -0.25) is 0 Å². The Balaban J connectivity index is 1.37. The standard InChI is InChI=1S/C34H22ClN3S/c35-34-36-29-21-18-25-22-30(23-10-4-1-5-11-23)39-33(25)31(29)32(37-34)24-16-19-28(20-17-24)38(26-12-6-2-7-13-26)27-14-8-3-9-15-27/h1-22H. The number of aromatic nitrogens is 2. The zero-order chi connectivity index (χ0) is 26.2. The summed E-state index contributed by atoms with van der Waals surface area (Å²) in [7, 11) is 0. The van der Waals surface area contributed by atoms with Crippen LogP contribution in [-0.4, -0.2) is 9.97 Å². The van der Waals surface area contributed by atoms with E-state index in [0.29, 0.717) is 0 Å². The molecule has 5 aromatic carbocycles. The number of halogens is 1. The Morgan fingerprint density at radius 2 is 1.15 bits per heavy atom. The number of anilines is 3. The zero-order valence-electron chi connectivity index (χ0n) is 20.8. The molecular weight excluding hydrogens is 518 g/mol. The van der Waals surface area contributed by atoms with E-state index in [1.165, 1.54) is 15.8 Å². The third-order valence-electron chi connectivity index (χ3n) is 6.80. The lowest BCUT2D eigenvalue weighted by Gasteiger charge is -2.25. The summed E-state index contributed by atoms with van der Waals surface area (Å²) < 4.78 is 1.16. The van der Waals surface area contributed by atoms with Crippen molar-refractivity contribution < 1.29 is 0 Å². The SMILES string of the molecule is Clc1nc(-c2ccc(N(c3ccccc3)c3ccccc3)cc2)c2c(ccc3cc(-c4ccccc4)sc32)n1. The lowest BCUT2D eigenvalue weighted by molar-refractivity contribution is 1.23. The molecule has 0 spiro atoms. The highest BCUT2D eigenvalue weighted by molar-refractivity contribution is 7.23. The molecule has 0 N–H and O–H groups in total. The smallest absolute Gasteiger partial charge is 0.223 e. The summed E-state index contributed by atoms with van der Waals surface area (Å²) in [5.41, 5.74) is 7.15. The minimum atomic E-state index is 0.246. The van der Waals surface area contributed by atoms with Gasteiger partial charge < -0.3 is 4.90 Å². The Kier molecular flexibility index (Phi) is 6.04. The first-order valence-electron chi connectivity index (χ1n) is 12.7. The van der Waals surface area contributed by atoms with Crippen LogP contribution >= 0.6 is 22.9 Å². The summed E-state index contributed by atoms with van der Waals surface area (Å²) in [5, 5.41) is 2.45. The van der Waals surface area contributed by atoms with Crippen molar-refractivity contribution in [2.24, 2.45) is 0 Å². The molecule has 186 valence electrons. The number of benzene rings is 5. The van der Waals surface area contributed by atoms with Crippen LogP contribution in [0, 0.1) is 0 Å². The van der Waals surface area contributed by atoms with Gasteiger partial charge in [-0.2, -0.15) is 0 Å². The molecule has 0 amide bonds. The van der Waals surface area contributed by atoms with Gasteiger partial charge in [-0.25, -0.2) is 9.97 Å². The van der Waals surface area contributed by atoms with Crippen LogP contribution in [-0.2, 0) is 0 Å². The molecule has 0 bridgehead atoms. The Morgan fingerprint density at radius 1 is 0.564 bits per heavy atom. The van der Waals surface area contributed by atoms with Crippen LogP contribution in [0.3, 0.4) is 0 Å². The van der Waals surface area contributed by atoms with Crippen LogP contribution < -0.4 is 4.90 Å². The van der Waals surface area contributed by atoms with E-state index in [1.807, 2.05) is 24.3 Å². The second-order valence-corrected chi connectivity index (χ2v) is 10.6. The maximum atomic E-state index is 6.44. The highest BCUT2D eigenvalue weighted by Crippen LogP contribution is 2.42. The van der Waals surface area contributed by atoms with Crippen LogP contribution in [0.2, 0.25) is 5.28 Å². The average Bonchev–Trinajstić information content (AvgIpc) is 3.44. The molecular formula is C34H22ClN3S. The molecule has 0 saturated carbocycles. The first-order chi connectivity index (χ1) is 19.2. The topological polar surface area (TPSA) is 29.0 Å². The molecule has 3 nitrogen and oxygen atoms in total. The highest BCUT2D eigenvalue weighted by Gasteiger charge is 2.17. The summed E-state index contributed by atoms with van der Waals surface area (Å²) in [6.07, 6.45) is 0. The van der Waals surface area contributed by atoms with Crippen molar-refractivity contribution in [2.75, 3.05) is 4.90 Å². The van der Waals surface area contributed by atoms with Gasteiger partial charge in [-0.15, -0.1) is 11.3 Å². The summed E-state index contributed by atoms with van der Waals surface area (Å²) in [6.45, 7) is 0. The maximum absolute atomic E-state index is 6.44. The molecule has 2 heterocycles. The Bertz CT molecular complexity index is 1860. The van der Waals surface area contributed by atoms with Gasteiger partial charge in [0, 0.05) is 37.6 Å². The van der Waals surface area contributed by atoms with Crippen molar-refractivity contribution in [3.63, 3.8) is 0 Å². The predicted octanol–water partition coefficient (Wildman–Crippen LogP) is 10.3. The fourth-order valence-electron chi connectivity index (χ4n) is 5.01. The van der Waals surface area contributed by atoms with Gasteiger partial charge in [-0.1, -0.05) is 84.9 Å². The first-order valence-corrected chi connectivity index (χ1v) is 13.9. The maximum Gasteiger partial charge on any atom is 0.223 e. The van der Waals surface area contributed by atoms with Gasteiger partial charge in [0.1, 0.15) is 0 Å². The van der Waals surface area contributed by atoms with Gasteiger partial charge in [0.05, 0.1) is 11.2 Å². The highest BCUT2D eigenvalue weighted by atomic mass is 35.5. The van der Waals surface area contributed by atoms with Crippen molar-refractivity contribution in [3.8, 4) is 21.7 Å². The Hall–Kier alpha value is -4.51. The molecule has 7 rings (SSSR count). The van der Waals surface area contributed by atoms with Crippen molar-refractivity contribution in [1.82, 2.24) is 9.97 Å². The van der Waals surface area contributed by atoms with E-state index in [1.54, 1.807) is 11.3 Å². The van der Waals surface area contributed by atoms with Crippen LogP contribution in [0.15, 0.2) is 133 Å². The summed E-state index contributed by atoms with van der Waals surface area (Å²) >= 11 is 8.21. The molecule has 7 aromatic rings. The molecule has 0 atom stereocenters. The van der Waals surface area contributed by atoms with Gasteiger partial charge >= 0.3 is 0 Å². The molecule has 0 radical (unpaired) electrons. The van der Waals surface area contributed by atoms with Gasteiger partial charge in [0.2, 0.25) is 5.28 Å². The number of hydrogen-bond donors (Lipinski definition) is 0. The fraction of sp³-hybridized carbons (Fsp3) is 0. The number of nitrogens with zero attached hydrogens (tertiary/aromatic N) is 3. The minimum Gasteiger partial charge on any atom is -0.311 e. The second-order valence-electron chi connectivity index (χ2n) is 9.25. The van der Waals surface area contributed by atoms with Crippen molar-refractivity contribution in [3.05, 3.63) is 139 Å². The second kappa shape index (κ2) is 9.99.